The molecular formula is C21H27N3O3. The molecule has 27 heavy (non-hydrogen) atoms. The number of methoxy groups -OCH3 is 1. The highest BCUT2D eigenvalue weighted by molar-refractivity contribution is 5.89. The number of urea groups is 1. The Morgan fingerprint density at radius 1 is 0.889 bits per heavy atom. The van der Waals surface area contributed by atoms with Crippen LogP contribution < -0.4 is 16.0 Å². The first kappa shape index (κ1) is 20.5. The second-order valence-corrected chi connectivity index (χ2v) is 6.19. The highest BCUT2D eigenvalue weighted by Gasteiger charge is 2.05. The average molecular weight is 369 g/mol. The Balaban J connectivity index is 1.66. The van der Waals surface area contributed by atoms with Crippen molar-refractivity contribution in [2.24, 2.45) is 0 Å². The quantitative estimate of drug-likeness (QED) is 0.564. The molecule has 0 aliphatic carbocycles. The normalized spacial score (nSPS) is 10.3. The predicted octanol–water partition coefficient (Wildman–Crippen LogP) is 2.75. The number of carbonyl (C=O) groups excluding carboxylic acids is 2. The summed E-state index contributed by atoms with van der Waals surface area (Å²) in [5, 5.41) is 8.42. The van der Waals surface area contributed by atoms with Crippen molar-refractivity contribution >= 4 is 17.6 Å². The Labute approximate surface area is 160 Å². The van der Waals surface area contributed by atoms with Crippen molar-refractivity contribution in [3.05, 3.63) is 65.7 Å². The fraction of sp³-hybridized carbons (Fsp3) is 0.333. The van der Waals surface area contributed by atoms with Crippen molar-refractivity contribution in [2.45, 2.75) is 19.3 Å². The van der Waals surface area contributed by atoms with Crippen molar-refractivity contribution in [1.29, 1.82) is 0 Å². The number of amides is 3. The zero-order chi connectivity index (χ0) is 19.3. The molecule has 0 saturated carbocycles. The molecule has 3 amide bonds. The van der Waals surface area contributed by atoms with Gasteiger partial charge >= 0.3 is 6.03 Å². The molecule has 0 aromatic heterocycles. The third-order valence-electron chi connectivity index (χ3n) is 3.98. The maximum Gasteiger partial charge on any atom is 0.319 e. The average Bonchev–Trinajstić information content (AvgIpc) is 2.68. The SMILES string of the molecule is COCCNC(=O)Cc1ccc(NC(=O)NCCCc2ccccc2)cc1. The van der Waals surface area contributed by atoms with Crippen molar-refractivity contribution in [1.82, 2.24) is 10.6 Å². The highest BCUT2D eigenvalue weighted by Crippen LogP contribution is 2.10. The third kappa shape index (κ3) is 8.37. The van der Waals surface area contributed by atoms with Crippen LogP contribution in [0.25, 0.3) is 0 Å². The molecule has 6 nitrogen and oxygen atoms in total. The van der Waals surface area contributed by atoms with E-state index < -0.39 is 0 Å². The van der Waals surface area contributed by atoms with Crippen molar-refractivity contribution < 1.29 is 14.3 Å². The Morgan fingerprint density at radius 2 is 1.63 bits per heavy atom. The summed E-state index contributed by atoms with van der Waals surface area (Å²) in [6.07, 6.45) is 2.12. The first-order valence-corrected chi connectivity index (χ1v) is 9.10. The first-order valence-electron chi connectivity index (χ1n) is 9.10. The van der Waals surface area contributed by atoms with Gasteiger partial charge < -0.3 is 20.7 Å². The van der Waals surface area contributed by atoms with Crippen LogP contribution in [0.4, 0.5) is 10.5 Å². The van der Waals surface area contributed by atoms with Gasteiger partial charge in [-0.25, -0.2) is 4.79 Å². The minimum Gasteiger partial charge on any atom is -0.383 e. The topological polar surface area (TPSA) is 79.5 Å². The standard InChI is InChI=1S/C21H27N3O3/c1-27-15-14-22-20(25)16-18-9-11-19(12-10-18)24-21(26)23-13-5-8-17-6-3-2-4-7-17/h2-4,6-7,9-12H,5,8,13-16H2,1H3,(H,22,25)(H2,23,24,26). The summed E-state index contributed by atoms with van der Waals surface area (Å²) in [7, 11) is 1.59. The molecule has 0 aliphatic heterocycles. The van der Waals surface area contributed by atoms with E-state index in [0.717, 1.165) is 18.4 Å². The van der Waals surface area contributed by atoms with Crippen LogP contribution in [0.15, 0.2) is 54.6 Å². The van der Waals surface area contributed by atoms with Gasteiger partial charge in [0.2, 0.25) is 5.91 Å². The number of hydrogen-bond acceptors (Lipinski definition) is 3. The van der Waals surface area contributed by atoms with Gasteiger partial charge in [-0.3, -0.25) is 4.79 Å². The molecule has 3 N–H and O–H groups in total. The molecule has 144 valence electrons. The van der Waals surface area contributed by atoms with Crippen LogP contribution >= 0.6 is 0 Å². The van der Waals surface area contributed by atoms with E-state index in [1.165, 1.54) is 5.56 Å². The number of ether oxygens (including phenoxy) is 1. The maximum absolute atomic E-state index is 11.9. The van der Waals surface area contributed by atoms with Crippen LogP contribution in [0, 0.1) is 0 Å². The van der Waals surface area contributed by atoms with Gasteiger partial charge in [-0.15, -0.1) is 0 Å². The lowest BCUT2D eigenvalue weighted by Gasteiger charge is -2.09. The number of benzene rings is 2. The fourth-order valence-electron chi connectivity index (χ4n) is 2.56. The number of rotatable bonds is 10. The Bertz CT molecular complexity index is 702. The second-order valence-electron chi connectivity index (χ2n) is 6.19. The van der Waals surface area contributed by atoms with Crippen LogP contribution in [0.2, 0.25) is 0 Å². The number of nitrogens with one attached hydrogen (secondary N) is 3. The van der Waals surface area contributed by atoms with Gasteiger partial charge in [-0.1, -0.05) is 42.5 Å². The van der Waals surface area contributed by atoms with E-state index in [9.17, 15) is 9.59 Å². The molecule has 0 bridgehead atoms. The Kier molecular flexibility index (Phi) is 8.86. The van der Waals surface area contributed by atoms with Crippen LogP contribution in [0.3, 0.4) is 0 Å². The van der Waals surface area contributed by atoms with E-state index in [1.54, 1.807) is 19.2 Å². The van der Waals surface area contributed by atoms with Crippen LogP contribution in [-0.4, -0.2) is 38.7 Å². The first-order chi connectivity index (χ1) is 13.2. The summed E-state index contributed by atoms with van der Waals surface area (Å²) in [5.74, 6) is -0.0519. The molecule has 2 aromatic carbocycles. The molecule has 0 radical (unpaired) electrons. The van der Waals surface area contributed by atoms with Crippen molar-refractivity contribution in [2.75, 3.05) is 32.1 Å². The molecule has 6 heteroatoms. The van der Waals surface area contributed by atoms with Gasteiger partial charge in [-0.05, 0) is 36.1 Å². The van der Waals surface area contributed by atoms with E-state index in [0.29, 0.717) is 31.8 Å². The van der Waals surface area contributed by atoms with Gasteiger partial charge in [-0.2, -0.15) is 0 Å². The molecule has 0 fully saturated rings. The fourth-order valence-corrected chi connectivity index (χ4v) is 2.56. The second kappa shape index (κ2) is 11.7. The summed E-state index contributed by atoms with van der Waals surface area (Å²) in [6.45, 7) is 1.61. The number of carbonyl (C=O) groups is 2. The molecule has 0 atom stereocenters. The summed E-state index contributed by atoms with van der Waals surface area (Å²) >= 11 is 0. The minimum absolute atomic E-state index is 0.0519. The molecule has 0 unspecified atom stereocenters. The number of anilines is 1. The molecule has 2 aromatic rings. The van der Waals surface area contributed by atoms with E-state index >= 15 is 0 Å². The highest BCUT2D eigenvalue weighted by atomic mass is 16.5. The molecule has 0 saturated heterocycles. The van der Waals surface area contributed by atoms with Gasteiger partial charge in [0.1, 0.15) is 0 Å². The summed E-state index contributed by atoms with van der Waals surface area (Å²) in [5.41, 5.74) is 2.85. The zero-order valence-electron chi connectivity index (χ0n) is 15.7. The van der Waals surface area contributed by atoms with Crippen molar-refractivity contribution in [3.63, 3.8) is 0 Å². The van der Waals surface area contributed by atoms with Crippen LogP contribution in [0.1, 0.15) is 17.5 Å². The van der Waals surface area contributed by atoms with Gasteiger partial charge in [0.15, 0.2) is 0 Å². The Hall–Kier alpha value is -2.86. The summed E-state index contributed by atoms with van der Waals surface area (Å²) in [4.78, 5) is 23.7. The zero-order valence-corrected chi connectivity index (χ0v) is 15.7. The number of hydrogen-bond donors (Lipinski definition) is 3. The molecule has 0 heterocycles. The van der Waals surface area contributed by atoms with E-state index in [-0.39, 0.29) is 11.9 Å². The minimum atomic E-state index is -0.229. The lowest BCUT2D eigenvalue weighted by Crippen LogP contribution is -2.29. The lowest BCUT2D eigenvalue weighted by atomic mass is 10.1. The maximum atomic E-state index is 11.9. The summed E-state index contributed by atoms with van der Waals surface area (Å²) in [6, 6.07) is 17.2. The smallest absolute Gasteiger partial charge is 0.319 e. The Morgan fingerprint density at radius 3 is 2.33 bits per heavy atom. The lowest BCUT2D eigenvalue weighted by molar-refractivity contribution is -0.120. The van der Waals surface area contributed by atoms with E-state index in [4.69, 9.17) is 4.74 Å². The molecule has 2 rings (SSSR count). The van der Waals surface area contributed by atoms with Crippen molar-refractivity contribution in [3.8, 4) is 0 Å². The largest absolute Gasteiger partial charge is 0.383 e. The van der Waals surface area contributed by atoms with E-state index in [2.05, 4.69) is 28.1 Å². The molecular weight excluding hydrogens is 342 g/mol. The van der Waals surface area contributed by atoms with E-state index in [1.807, 2.05) is 30.3 Å². The van der Waals surface area contributed by atoms with Crippen LogP contribution in [-0.2, 0) is 22.4 Å². The van der Waals surface area contributed by atoms with Gasteiger partial charge in [0.05, 0.1) is 13.0 Å². The van der Waals surface area contributed by atoms with Gasteiger partial charge in [0.25, 0.3) is 0 Å². The van der Waals surface area contributed by atoms with Gasteiger partial charge in [0, 0.05) is 25.9 Å². The third-order valence-corrected chi connectivity index (χ3v) is 3.98. The predicted molar refractivity (Wildman–Crippen MR) is 107 cm³/mol. The molecule has 0 spiro atoms. The van der Waals surface area contributed by atoms with Crippen LogP contribution in [0.5, 0.6) is 0 Å². The number of aryl methyl sites for hydroxylation is 1. The molecule has 0 aliphatic rings. The monoisotopic (exact) mass is 369 g/mol. The summed E-state index contributed by atoms with van der Waals surface area (Å²) < 4.78 is 4.89.